The number of carbonyl (C=O) groups is 1. The highest BCUT2D eigenvalue weighted by atomic mass is 35.5. The second-order valence-corrected chi connectivity index (χ2v) is 6.36. The van der Waals surface area contributed by atoms with Gasteiger partial charge in [0, 0.05) is 31.2 Å². The van der Waals surface area contributed by atoms with E-state index >= 15 is 0 Å². The van der Waals surface area contributed by atoms with Gasteiger partial charge in [-0.25, -0.2) is 4.39 Å². The summed E-state index contributed by atoms with van der Waals surface area (Å²) in [6.07, 6.45) is 0.309. The first kappa shape index (κ1) is 17.2. The van der Waals surface area contributed by atoms with E-state index < -0.39 is 5.82 Å². The Bertz CT molecular complexity index is 826. The summed E-state index contributed by atoms with van der Waals surface area (Å²) in [5, 5.41) is 9.78. The molecule has 0 unspecified atom stereocenters. The van der Waals surface area contributed by atoms with E-state index in [0.717, 1.165) is 5.56 Å². The summed E-state index contributed by atoms with van der Waals surface area (Å²) < 4.78 is 13.8. The van der Waals surface area contributed by atoms with Crippen LogP contribution in [0.2, 0.25) is 5.02 Å². The highest BCUT2D eigenvalue weighted by Gasteiger charge is 2.23. The Kier molecular flexibility index (Phi) is 5.20. The lowest BCUT2D eigenvalue weighted by molar-refractivity contribution is -0.130. The third-order valence-corrected chi connectivity index (χ3v) is 4.56. The van der Waals surface area contributed by atoms with E-state index in [4.69, 9.17) is 16.9 Å². The van der Waals surface area contributed by atoms with Crippen LogP contribution in [0.4, 0.5) is 10.1 Å². The molecule has 128 valence electrons. The Morgan fingerprint density at radius 1 is 1.16 bits per heavy atom. The van der Waals surface area contributed by atoms with Crippen molar-refractivity contribution in [2.24, 2.45) is 0 Å². The molecule has 0 radical (unpaired) electrons. The van der Waals surface area contributed by atoms with Crippen LogP contribution in [-0.2, 0) is 11.2 Å². The van der Waals surface area contributed by atoms with E-state index in [1.807, 2.05) is 23.1 Å². The molecule has 6 heteroatoms. The van der Waals surface area contributed by atoms with Crippen molar-refractivity contribution in [2.75, 3.05) is 31.1 Å². The number of rotatable bonds is 3. The molecule has 1 saturated heterocycles. The number of hydrogen-bond donors (Lipinski definition) is 0. The minimum absolute atomic E-state index is 0.0432. The molecule has 0 aromatic heterocycles. The number of hydrogen-bond acceptors (Lipinski definition) is 3. The Morgan fingerprint density at radius 3 is 2.56 bits per heavy atom. The van der Waals surface area contributed by atoms with Gasteiger partial charge in [0.2, 0.25) is 5.91 Å². The number of nitrogens with zero attached hydrogens (tertiary/aromatic N) is 3. The smallest absolute Gasteiger partial charge is 0.227 e. The molecule has 1 heterocycles. The molecule has 0 N–H and O–H groups in total. The van der Waals surface area contributed by atoms with Crippen LogP contribution in [0, 0.1) is 17.1 Å². The van der Waals surface area contributed by atoms with Crippen LogP contribution in [-0.4, -0.2) is 37.0 Å². The molecule has 1 amide bonds. The predicted molar refractivity (Wildman–Crippen MR) is 95.1 cm³/mol. The van der Waals surface area contributed by atoms with Gasteiger partial charge in [-0.15, -0.1) is 0 Å². The molecule has 0 saturated carbocycles. The molecule has 1 fully saturated rings. The number of amides is 1. The van der Waals surface area contributed by atoms with Gasteiger partial charge in [0.15, 0.2) is 0 Å². The van der Waals surface area contributed by atoms with E-state index in [1.165, 1.54) is 6.07 Å². The van der Waals surface area contributed by atoms with E-state index in [0.29, 0.717) is 43.3 Å². The van der Waals surface area contributed by atoms with Gasteiger partial charge in [-0.2, -0.15) is 5.26 Å². The lowest BCUT2D eigenvalue weighted by Gasteiger charge is -2.36. The summed E-state index contributed by atoms with van der Waals surface area (Å²) in [6.45, 7) is 2.22. The summed E-state index contributed by atoms with van der Waals surface area (Å²) in [7, 11) is 0. The van der Waals surface area contributed by atoms with Crippen molar-refractivity contribution < 1.29 is 9.18 Å². The second-order valence-electron chi connectivity index (χ2n) is 5.92. The average Bonchev–Trinajstić information content (AvgIpc) is 2.61. The van der Waals surface area contributed by atoms with Crippen LogP contribution in [0.3, 0.4) is 0 Å². The number of carbonyl (C=O) groups excluding carboxylic acids is 1. The topological polar surface area (TPSA) is 47.3 Å². The molecular weight excluding hydrogens is 341 g/mol. The zero-order chi connectivity index (χ0) is 17.8. The fourth-order valence-corrected chi connectivity index (χ4v) is 3.23. The van der Waals surface area contributed by atoms with E-state index in [1.54, 1.807) is 29.2 Å². The monoisotopic (exact) mass is 357 g/mol. The maximum Gasteiger partial charge on any atom is 0.227 e. The van der Waals surface area contributed by atoms with Crippen molar-refractivity contribution >= 4 is 23.2 Å². The van der Waals surface area contributed by atoms with Gasteiger partial charge in [-0.1, -0.05) is 29.8 Å². The maximum atomic E-state index is 13.8. The first-order valence-corrected chi connectivity index (χ1v) is 8.42. The Hall–Kier alpha value is -2.58. The summed E-state index contributed by atoms with van der Waals surface area (Å²) in [4.78, 5) is 16.2. The second kappa shape index (κ2) is 7.54. The SMILES string of the molecule is N#Cc1c(F)cccc1N1CCN(C(=O)Cc2cccc(Cl)c2)CC1. The quantitative estimate of drug-likeness (QED) is 0.847. The van der Waals surface area contributed by atoms with Gasteiger partial charge < -0.3 is 9.80 Å². The Morgan fingerprint density at radius 2 is 1.88 bits per heavy atom. The van der Waals surface area contributed by atoms with Crippen LogP contribution >= 0.6 is 11.6 Å². The predicted octanol–water partition coefficient (Wildman–Crippen LogP) is 3.24. The average molecular weight is 358 g/mol. The van der Waals surface area contributed by atoms with Crippen LogP contribution < -0.4 is 4.90 Å². The number of halogens is 2. The van der Waals surface area contributed by atoms with Crippen molar-refractivity contribution in [3.05, 3.63) is 64.4 Å². The normalized spacial score (nSPS) is 14.3. The summed E-state index contributed by atoms with van der Waals surface area (Å²) in [5.41, 5.74) is 1.53. The molecule has 0 bridgehead atoms. The van der Waals surface area contributed by atoms with Crippen LogP contribution in [0.5, 0.6) is 0 Å². The summed E-state index contributed by atoms with van der Waals surface area (Å²) in [6, 6.07) is 13.8. The van der Waals surface area contributed by atoms with Crippen LogP contribution in [0.15, 0.2) is 42.5 Å². The highest BCUT2D eigenvalue weighted by Crippen LogP contribution is 2.24. The fraction of sp³-hybridized carbons (Fsp3) is 0.263. The molecule has 1 aliphatic rings. The van der Waals surface area contributed by atoms with Crippen LogP contribution in [0.1, 0.15) is 11.1 Å². The standard InChI is InChI=1S/C19H17ClFN3O/c20-15-4-1-3-14(11-15)12-19(25)24-9-7-23(8-10-24)18-6-2-5-17(21)16(18)13-22/h1-6,11H,7-10,12H2. The molecule has 3 rings (SSSR count). The van der Waals surface area contributed by atoms with Gasteiger partial charge in [0.1, 0.15) is 17.4 Å². The molecule has 2 aromatic carbocycles. The van der Waals surface area contributed by atoms with Gasteiger partial charge in [0.25, 0.3) is 0 Å². The number of nitriles is 1. The molecule has 0 aliphatic carbocycles. The molecular formula is C19H17ClFN3O. The van der Waals surface area contributed by atoms with E-state index in [-0.39, 0.29) is 11.5 Å². The first-order valence-electron chi connectivity index (χ1n) is 8.04. The third-order valence-electron chi connectivity index (χ3n) is 4.32. The van der Waals surface area contributed by atoms with Crippen molar-refractivity contribution in [1.29, 1.82) is 5.26 Å². The van der Waals surface area contributed by atoms with Gasteiger partial charge in [0.05, 0.1) is 12.1 Å². The Balaban J connectivity index is 1.63. The van der Waals surface area contributed by atoms with Crippen LogP contribution in [0.25, 0.3) is 0 Å². The molecule has 0 spiro atoms. The number of piperazine rings is 1. The molecule has 4 nitrogen and oxygen atoms in total. The van der Waals surface area contributed by atoms with Crippen molar-refractivity contribution in [3.8, 4) is 6.07 Å². The van der Waals surface area contributed by atoms with Crippen molar-refractivity contribution in [1.82, 2.24) is 4.90 Å². The zero-order valence-corrected chi connectivity index (χ0v) is 14.3. The fourth-order valence-electron chi connectivity index (χ4n) is 3.02. The lowest BCUT2D eigenvalue weighted by Crippen LogP contribution is -2.49. The highest BCUT2D eigenvalue weighted by molar-refractivity contribution is 6.30. The minimum Gasteiger partial charge on any atom is -0.367 e. The lowest BCUT2D eigenvalue weighted by atomic mass is 10.1. The molecule has 1 aliphatic heterocycles. The first-order chi connectivity index (χ1) is 12.1. The van der Waals surface area contributed by atoms with E-state index in [2.05, 4.69) is 0 Å². The van der Waals surface area contributed by atoms with Gasteiger partial charge in [-0.3, -0.25) is 4.79 Å². The molecule has 25 heavy (non-hydrogen) atoms. The van der Waals surface area contributed by atoms with Gasteiger partial charge in [-0.05, 0) is 29.8 Å². The van der Waals surface area contributed by atoms with Gasteiger partial charge >= 0.3 is 0 Å². The van der Waals surface area contributed by atoms with Crippen molar-refractivity contribution in [2.45, 2.75) is 6.42 Å². The third kappa shape index (κ3) is 3.92. The Labute approximate surface area is 151 Å². The summed E-state index contributed by atoms with van der Waals surface area (Å²) in [5.74, 6) is -0.471. The molecule has 2 aromatic rings. The van der Waals surface area contributed by atoms with E-state index in [9.17, 15) is 9.18 Å². The zero-order valence-electron chi connectivity index (χ0n) is 13.6. The maximum absolute atomic E-state index is 13.8. The number of benzene rings is 2. The molecule has 0 atom stereocenters. The summed E-state index contributed by atoms with van der Waals surface area (Å²) >= 11 is 5.95. The minimum atomic E-state index is -0.514. The largest absolute Gasteiger partial charge is 0.367 e. The number of anilines is 1. The van der Waals surface area contributed by atoms with Crippen molar-refractivity contribution in [3.63, 3.8) is 0 Å².